The number of carbonyl (C=O) groups is 1. The number of urea groups is 1. The summed E-state index contributed by atoms with van der Waals surface area (Å²) in [5.41, 5.74) is 0.0908. The Kier molecular flexibility index (Phi) is 7.85. The predicted octanol–water partition coefficient (Wildman–Crippen LogP) is 5.14. The first-order chi connectivity index (χ1) is 14.0. The van der Waals surface area contributed by atoms with E-state index in [2.05, 4.69) is 22.0 Å². The minimum absolute atomic E-state index is 0.0356. The first kappa shape index (κ1) is 21.5. The van der Waals surface area contributed by atoms with E-state index in [1.165, 1.54) is 48.8 Å². The van der Waals surface area contributed by atoms with Crippen LogP contribution in [-0.4, -0.2) is 30.1 Å². The molecular weight excluding hydrogens is 412 g/mol. The lowest BCUT2D eigenvalue weighted by molar-refractivity contribution is -0.384. The van der Waals surface area contributed by atoms with Crippen LogP contribution in [0.15, 0.2) is 35.7 Å². The molecule has 1 unspecified atom stereocenters. The van der Waals surface area contributed by atoms with Gasteiger partial charge in [-0.2, -0.15) is 0 Å². The van der Waals surface area contributed by atoms with Gasteiger partial charge in [-0.1, -0.05) is 30.5 Å². The van der Waals surface area contributed by atoms with Crippen molar-refractivity contribution in [2.75, 3.05) is 18.4 Å². The molecule has 2 amide bonds. The van der Waals surface area contributed by atoms with Gasteiger partial charge in [0.25, 0.3) is 5.69 Å². The van der Waals surface area contributed by atoms with Crippen molar-refractivity contribution < 1.29 is 9.72 Å². The zero-order valence-corrected chi connectivity index (χ0v) is 17.6. The molecule has 2 aromatic rings. The number of hydrogen-bond donors (Lipinski definition) is 3. The van der Waals surface area contributed by atoms with E-state index < -0.39 is 11.0 Å². The lowest BCUT2D eigenvalue weighted by Gasteiger charge is -2.19. The van der Waals surface area contributed by atoms with Crippen LogP contribution >= 0.6 is 22.9 Å². The largest absolute Gasteiger partial charge is 0.337 e. The molecule has 1 aromatic heterocycles. The maximum atomic E-state index is 12.3. The molecule has 0 aliphatic heterocycles. The molecule has 0 spiro atoms. The number of nitro groups is 1. The Balaban J connectivity index is 1.52. The number of hydrogen-bond acceptors (Lipinski definition) is 5. The summed E-state index contributed by atoms with van der Waals surface area (Å²) >= 11 is 7.50. The van der Waals surface area contributed by atoms with E-state index in [-0.39, 0.29) is 16.6 Å². The van der Waals surface area contributed by atoms with Crippen molar-refractivity contribution in [2.24, 2.45) is 0 Å². The topological polar surface area (TPSA) is 96.3 Å². The molecule has 0 saturated heterocycles. The number of benzene rings is 1. The summed E-state index contributed by atoms with van der Waals surface area (Å²) in [4.78, 5) is 24.0. The number of nitrogens with zero attached hydrogens (tertiary/aromatic N) is 1. The fourth-order valence-corrected chi connectivity index (χ4v) is 4.63. The normalized spacial score (nSPS) is 15.2. The number of thiophene rings is 1. The van der Waals surface area contributed by atoms with Crippen molar-refractivity contribution in [1.29, 1.82) is 0 Å². The van der Waals surface area contributed by atoms with Gasteiger partial charge in [-0.15, -0.1) is 11.3 Å². The van der Waals surface area contributed by atoms with Gasteiger partial charge >= 0.3 is 6.03 Å². The minimum Gasteiger partial charge on any atom is -0.337 e. The van der Waals surface area contributed by atoms with Gasteiger partial charge in [-0.3, -0.25) is 10.1 Å². The van der Waals surface area contributed by atoms with Crippen LogP contribution in [0.3, 0.4) is 0 Å². The molecule has 1 heterocycles. The number of nitrogens with one attached hydrogen (secondary N) is 3. The third kappa shape index (κ3) is 6.42. The van der Waals surface area contributed by atoms with Crippen molar-refractivity contribution in [3.8, 4) is 0 Å². The lowest BCUT2D eigenvalue weighted by atomic mass is 10.0. The van der Waals surface area contributed by atoms with Crippen LogP contribution in [0.4, 0.5) is 16.2 Å². The Morgan fingerprint density at radius 3 is 2.79 bits per heavy atom. The van der Waals surface area contributed by atoms with Crippen LogP contribution < -0.4 is 16.0 Å². The number of nitro benzene ring substituents is 1. The summed E-state index contributed by atoms with van der Waals surface area (Å²) in [5.74, 6) is 0.217. The van der Waals surface area contributed by atoms with Crippen LogP contribution in [0, 0.1) is 10.1 Å². The van der Waals surface area contributed by atoms with E-state index >= 15 is 0 Å². The van der Waals surface area contributed by atoms with Crippen molar-refractivity contribution >= 4 is 40.3 Å². The molecule has 1 fully saturated rings. The van der Waals surface area contributed by atoms with E-state index in [1.807, 2.05) is 11.4 Å². The molecular formula is C20H25ClN4O3S. The van der Waals surface area contributed by atoms with Crippen molar-refractivity contribution in [3.05, 3.63) is 55.7 Å². The summed E-state index contributed by atoms with van der Waals surface area (Å²) in [6.45, 7) is 1.41. The number of anilines is 1. The van der Waals surface area contributed by atoms with Crippen LogP contribution in [0.25, 0.3) is 0 Å². The van der Waals surface area contributed by atoms with Gasteiger partial charge in [0.05, 0.1) is 4.92 Å². The monoisotopic (exact) mass is 436 g/mol. The average Bonchev–Trinajstić information content (AvgIpc) is 3.40. The van der Waals surface area contributed by atoms with E-state index in [9.17, 15) is 14.9 Å². The van der Waals surface area contributed by atoms with Gasteiger partial charge in [0.2, 0.25) is 0 Å². The van der Waals surface area contributed by atoms with Crippen molar-refractivity contribution in [1.82, 2.24) is 10.6 Å². The average molecular weight is 437 g/mol. The van der Waals surface area contributed by atoms with Crippen LogP contribution in [0.5, 0.6) is 0 Å². The molecule has 1 aliphatic carbocycles. The molecule has 156 valence electrons. The minimum atomic E-state index is -0.574. The second-order valence-corrected chi connectivity index (χ2v) is 8.58. The molecule has 9 heteroatoms. The van der Waals surface area contributed by atoms with E-state index in [0.29, 0.717) is 18.3 Å². The Morgan fingerprint density at radius 1 is 1.31 bits per heavy atom. The van der Waals surface area contributed by atoms with E-state index in [4.69, 9.17) is 11.6 Å². The number of halogens is 1. The SMILES string of the molecule is O=C(NCC(CCNC1CCCC1)c1cccs1)Nc1ccc(Cl)c([N+](=O)[O-])c1. The fraction of sp³-hybridized carbons (Fsp3) is 0.450. The van der Waals surface area contributed by atoms with Crippen LogP contribution in [0.2, 0.25) is 5.02 Å². The molecule has 29 heavy (non-hydrogen) atoms. The van der Waals surface area contributed by atoms with Crippen LogP contribution in [0.1, 0.15) is 42.9 Å². The summed E-state index contributed by atoms with van der Waals surface area (Å²) in [6, 6.07) is 8.53. The molecule has 3 N–H and O–H groups in total. The zero-order valence-electron chi connectivity index (χ0n) is 16.0. The fourth-order valence-electron chi connectivity index (χ4n) is 3.58. The van der Waals surface area contributed by atoms with Gasteiger partial charge in [0.1, 0.15) is 5.02 Å². The molecule has 1 aromatic carbocycles. The van der Waals surface area contributed by atoms with Gasteiger partial charge in [0, 0.05) is 35.1 Å². The van der Waals surface area contributed by atoms with Gasteiger partial charge < -0.3 is 16.0 Å². The van der Waals surface area contributed by atoms with Gasteiger partial charge in [-0.25, -0.2) is 4.79 Å². The predicted molar refractivity (Wildman–Crippen MR) is 117 cm³/mol. The summed E-state index contributed by atoms with van der Waals surface area (Å²) < 4.78 is 0. The van der Waals surface area contributed by atoms with Gasteiger partial charge in [-0.05, 0) is 49.4 Å². The highest BCUT2D eigenvalue weighted by molar-refractivity contribution is 7.10. The number of carbonyl (C=O) groups excluding carboxylic acids is 1. The molecule has 3 rings (SSSR count). The van der Waals surface area contributed by atoms with Crippen molar-refractivity contribution in [3.63, 3.8) is 0 Å². The first-order valence-corrected chi connectivity index (χ1v) is 11.0. The van der Waals surface area contributed by atoms with E-state index in [1.54, 1.807) is 11.3 Å². The summed E-state index contributed by atoms with van der Waals surface area (Å²) in [6.07, 6.45) is 6.03. The summed E-state index contributed by atoms with van der Waals surface area (Å²) in [5, 5.41) is 22.2. The smallest absolute Gasteiger partial charge is 0.319 e. The Morgan fingerprint density at radius 2 is 2.10 bits per heavy atom. The van der Waals surface area contributed by atoms with Crippen molar-refractivity contribution in [2.45, 2.75) is 44.1 Å². The number of amides is 2. The highest BCUT2D eigenvalue weighted by atomic mass is 35.5. The molecule has 7 nitrogen and oxygen atoms in total. The maximum Gasteiger partial charge on any atom is 0.319 e. The Bertz CT molecular complexity index is 825. The Hall–Kier alpha value is -2.16. The molecule has 1 aliphatic rings. The maximum absolute atomic E-state index is 12.3. The highest BCUT2D eigenvalue weighted by Gasteiger charge is 2.18. The third-order valence-corrected chi connectivity index (χ3v) is 6.49. The summed E-state index contributed by atoms with van der Waals surface area (Å²) in [7, 11) is 0. The molecule has 0 radical (unpaired) electrons. The standard InChI is InChI=1S/C20H25ClN4O3S/c21-17-8-7-16(12-18(17)25(27)28)24-20(26)23-13-14(19-6-3-11-29-19)9-10-22-15-4-1-2-5-15/h3,6-8,11-12,14-15,22H,1-2,4-5,9-10,13H2,(H2,23,24,26). The second-order valence-electron chi connectivity index (χ2n) is 7.19. The number of rotatable bonds is 9. The highest BCUT2D eigenvalue weighted by Crippen LogP contribution is 2.27. The van der Waals surface area contributed by atoms with Gasteiger partial charge in [0.15, 0.2) is 0 Å². The second kappa shape index (κ2) is 10.6. The van der Waals surface area contributed by atoms with Crippen LogP contribution in [-0.2, 0) is 0 Å². The molecule has 1 atom stereocenters. The quantitative estimate of drug-likeness (QED) is 0.374. The third-order valence-electron chi connectivity index (χ3n) is 5.14. The zero-order chi connectivity index (χ0) is 20.6. The van der Waals surface area contributed by atoms with E-state index in [0.717, 1.165) is 13.0 Å². The lowest BCUT2D eigenvalue weighted by Crippen LogP contribution is -2.34. The Labute approximate surface area is 179 Å². The molecule has 1 saturated carbocycles. The first-order valence-electron chi connectivity index (χ1n) is 9.78. The molecule has 0 bridgehead atoms.